The maximum Gasteiger partial charge on any atom is 0.0646 e. The summed E-state index contributed by atoms with van der Waals surface area (Å²) in [5, 5.41) is 1.24. The number of hydrogen-bond acceptors (Lipinski definition) is 2. The van der Waals surface area contributed by atoms with Crippen molar-refractivity contribution >= 4 is 29.1 Å². The highest BCUT2D eigenvalue weighted by molar-refractivity contribution is 8.00. The van der Waals surface area contributed by atoms with Gasteiger partial charge in [-0.1, -0.05) is 32.4 Å². The molecule has 0 aromatic heterocycles. The molecule has 0 heterocycles. The predicted molar refractivity (Wildman–Crippen MR) is 66.0 cm³/mol. The molecular formula is C11H16ClNS. The summed E-state index contributed by atoms with van der Waals surface area (Å²) in [5.41, 5.74) is 6.28. The summed E-state index contributed by atoms with van der Waals surface area (Å²) in [6.45, 7) is 6.66. The Balaban J connectivity index is 2.73. The molecule has 1 unspecified atom stereocenters. The number of thioether (sulfide) groups is 1. The van der Waals surface area contributed by atoms with Crippen molar-refractivity contribution in [1.29, 1.82) is 0 Å². The van der Waals surface area contributed by atoms with Crippen molar-refractivity contribution in [3.63, 3.8) is 0 Å². The molecule has 0 aliphatic carbocycles. The maximum atomic E-state index is 5.94. The summed E-state index contributed by atoms with van der Waals surface area (Å²) >= 11 is 7.77. The fourth-order valence-electron chi connectivity index (χ4n) is 0.932. The molecule has 3 heteroatoms. The summed E-state index contributed by atoms with van der Waals surface area (Å²) in [5.74, 6) is 0.663. The number of anilines is 1. The van der Waals surface area contributed by atoms with E-state index in [0.717, 1.165) is 0 Å². The summed E-state index contributed by atoms with van der Waals surface area (Å²) in [4.78, 5) is 1.19. The molecule has 78 valence electrons. The van der Waals surface area contributed by atoms with Crippen molar-refractivity contribution < 1.29 is 0 Å². The highest BCUT2D eigenvalue weighted by atomic mass is 35.5. The monoisotopic (exact) mass is 229 g/mol. The molecule has 0 aliphatic rings. The van der Waals surface area contributed by atoms with Crippen molar-refractivity contribution in [2.45, 2.75) is 30.9 Å². The lowest BCUT2D eigenvalue weighted by molar-refractivity contribution is 0.642. The van der Waals surface area contributed by atoms with E-state index in [9.17, 15) is 0 Å². The molecule has 1 aromatic carbocycles. The van der Waals surface area contributed by atoms with Crippen LogP contribution < -0.4 is 5.73 Å². The molecule has 0 fully saturated rings. The highest BCUT2D eigenvalue weighted by Crippen LogP contribution is 2.31. The topological polar surface area (TPSA) is 26.0 Å². The van der Waals surface area contributed by atoms with E-state index in [1.54, 1.807) is 0 Å². The van der Waals surface area contributed by atoms with Crippen LogP contribution in [0.15, 0.2) is 23.1 Å². The van der Waals surface area contributed by atoms with Crippen LogP contribution in [0.25, 0.3) is 0 Å². The van der Waals surface area contributed by atoms with Crippen LogP contribution in [0, 0.1) is 5.92 Å². The van der Waals surface area contributed by atoms with Crippen molar-refractivity contribution in [1.82, 2.24) is 0 Å². The Kier molecular flexibility index (Phi) is 4.14. The summed E-state index contributed by atoms with van der Waals surface area (Å²) < 4.78 is 0. The molecule has 0 bridgehead atoms. The number of hydrogen-bond donors (Lipinski definition) is 1. The van der Waals surface area contributed by atoms with E-state index in [-0.39, 0.29) is 0 Å². The Hall–Kier alpha value is -0.340. The molecule has 1 aromatic rings. The molecule has 1 nitrogen and oxygen atoms in total. The van der Waals surface area contributed by atoms with Gasteiger partial charge in [0.15, 0.2) is 0 Å². The van der Waals surface area contributed by atoms with Gasteiger partial charge in [0.1, 0.15) is 0 Å². The van der Waals surface area contributed by atoms with Crippen LogP contribution in [0.3, 0.4) is 0 Å². The van der Waals surface area contributed by atoms with Gasteiger partial charge in [-0.3, -0.25) is 0 Å². The lowest BCUT2D eigenvalue weighted by Gasteiger charge is -2.15. The van der Waals surface area contributed by atoms with Crippen LogP contribution in [0.4, 0.5) is 5.69 Å². The third-order valence-electron chi connectivity index (χ3n) is 2.23. The van der Waals surface area contributed by atoms with Crippen molar-refractivity contribution in [2.75, 3.05) is 5.73 Å². The normalized spacial score (nSPS) is 13.2. The van der Waals surface area contributed by atoms with Crippen LogP contribution in [0.5, 0.6) is 0 Å². The zero-order valence-corrected chi connectivity index (χ0v) is 10.3. The highest BCUT2D eigenvalue weighted by Gasteiger charge is 2.09. The van der Waals surface area contributed by atoms with Gasteiger partial charge in [0.25, 0.3) is 0 Å². The molecule has 2 N–H and O–H groups in total. The first-order valence-electron chi connectivity index (χ1n) is 4.72. The van der Waals surface area contributed by atoms with Crippen molar-refractivity contribution in [2.24, 2.45) is 5.92 Å². The van der Waals surface area contributed by atoms with Gasteiger partial charge in [0.05, 0.1) is 10.7 Å². The molecule has 0 saturated heterocycles. The quantitative estimate of drug-likeness (QED) is 0.625. The van der Waals surface area contributed by atoms with Gasteiger partial charge >= 0.3 is 0 Å². The first kappa shape index (κ1) is 11.7. The largest absolute Gasteiger partial charge is 0.398 e. The molecule has 0 saturated carbocycles. The molecule has 0 radical (unpaired) electrons. The van der Waals surface area contributed by atoms with Gasteiger partial charge in [-0.2, -0.15) is 0 Å². The summed E-state index contributed by atoms with van der Waals surface area (Å²) in [7, 11) is 0. The molecule has 1 rings (SSSR count). The van der Waals surface area contributed by atoms with Gasteiger partial charge in [0, 0.05) is 10.1 Å². The van der Waals surface area contributed by atoms with E-state index in [1.807, 2.05) is 30.0 Å². The minimum Gasteiger partial charge on any atom is -0.398 e. The molecular weight excluding hydrogens is 214 g/mol. The number of nitrogen functional groups attached to an aromatic ring is 1. The number of halogens is 1. The number of nitrogens with two attached hydrogens (primary N) is 1. The zero-order valence-electron chi connectivity index (χ0n) is 8.75. The van der Waals surface area contributed by atoms with Crippen LogP contribution in [-0.4, -0.2) is 5.25 Å². The van der Waals surface area contributed by atoms with E-state index < -0.39 is 0 Å². The SMILES string of the molecule is CC(C)C(C)Sc1ccc(N)c(Cl)c1. The smallest absolute Gasteiger partial charge is 0.0646 e. The second kappa shape index (κ2) is 4.94. The predicted octanol–water partition coefficient (Wildman–Crippen LogP) is 4.06. The molecule has 14 heavy (non-hydrogen) atoms. The Bertz CT molecular complexity index is 312. The van der Waals surface area contributed by atoms with Crippen LogP contribution in [-0.2, 0) is 0 Å². The Morgan fingerprint density at radius 3 is 2.43 bits per heavy atom. The second-order valence-corrected chi connectivity index (χ2v) is 5.61. The van der Waals surface area contributed by atoms with Gasteiger partial charge < -0.3 is 5.73 Å². The standard InChI is InChI=1S/C11H16ClNS/c1-7(2)8(3)14-9-4-5-11(13)10(12)6-9/h4-8H,13H2,1-3H3. The maximum absolute atomic E-state index is 5.94. The first-order chi connectivity index (χ1) is 6.50. The Labute approximate surface area is 95.0 Å². The third-order valence-corrected chi connectivity index (χ3v) is 4.00. The van der Waals surface area contributed by atoms with Crippen molar-refractivity contribution in [3.05, 3.63) is 23.2 Å². The van der Waals surface area contributed by atoms with E-state index in [0.29, 0.717) is 21.9 Å². The van der Waals surface area contributed by atoms with E-state index >= 15 is 0 Å². The fourth-order valence-corrected chi connectivity index (χ4v) is 2.21. The van der Waals surface area contributed by atoms with Crippen LogP contribution >= 0.6 is 23.4 Å². The molecule has 1 atom stereocenters. The minimum atomic E-state index is 0.592. The summed E-state index contributed by atoms with van der Waals surface area (Å²) in [6.07, 6.45) is 0. The average Bonchev–Trinajstić information content (AvgIpc) is 2.11. The lowest BCUT2D eigenvalue weighted by Crippen LogP contribution is -2.05. The average molecular weight is 230 g/mol. The first-order valence-corrected chi connectivity index (χ1v) is 5.98. The van der Waals surface area contributed by atoms with Gasteiger partial charge in [-0.15, -0.1) is 11.8 Å². The van der Waals surface area contributed by atoms with Gasteiger partial charge in [0.2, 0.25) is 0 Å². The van der Waals surface area contributed by atoms with E-state index in [2.05, 4.69) is 20.8 Å². The van der Waals surface area contributed by atoms with Crippen molar-refractivity contribution in [3.8, 4) is 0 Å². The Morgan fingerprint density at radius 1 is 1.29 bits per heavy atom. The fraction of sp³-hybridized carbons (Fsp3) is 0.455. The van der Waals surface area contributed by atoms with E-state index in [4.69, 9.17) is 17.3 Å². The zero-order chi connectivity index (χ0) is 10.7. The molecule has 0 amide bonds. The molecule has 0 aliphatic heterocycles. The van der Waals surface area contributed by atoms with Crippen LogP contribution in [0.1, 0.15) is 20.8 Å². The second-order valence-electron chi connectivity index (χ2n) is 3.75. The molecule has 0 spiro atoms. The third kappa shape index (κ3) is 3.10. The van der Waals surface area contributed by atoms with Crippen LogP contribution in [0.2, 0.25) is 5.02 Å². The van der Waals surface area contributed by atoms with Gasteiger partial charge in [-0.25, -0.2) is 0 Å². The number of benzene rings is 1. The Morgan fingerprint density at radius 2 is 1.93 bits per heavy atom. The van der Waals surface area contributed by atoms with Gasteiger partial charge in [-0.05, 0) is 24.1 Å². The van der Waals surface area contributed by atoms with E-state index in [1.165, 1.54) is 4.90 Å². The minimum absolute atomic E-state index is 0.592. The number of rotatable bonds is 3. The summed E-state index contributed by atoms with van der Waals surface area (Å²) in [6, 6.07) is 5.81. The lowest BCUT2D eigenvalue weighted by atomic mass is 10.2.